The van der Waals surface area contributed by atoms with Crippen LogP contribution in [0.4, 0.5) is 0 Å². The van der Waals surface area contributed by atoms with Crippen molar-refractivity contribution >= 4 is 33.5 Å². The Kier molecular flexibility index (Phi) is 4.17. The summed E-state index contributed by atoms with van der Waals surface area (Å²) in [5.41, 5.74) is 0.580. The molecule has 0 N–H and O–H groups in total. The Labute approximate surface area is 136 Å². The average Bonchev–Trinajstić information content (AvgIpc) is 2.56. The molecule has 1 aliphatic heterocycles. The normalized spacial score (nSPS) is 14.7. The molecule has 0 spiro atoms. The zero-order chi connectivity index (χ0) is 16.6. The van der Waals surface area contributed by atoms with Gasteiger partial charge in [0.15, 0.2) is 0 Å². The van der Waals surface area contributed by atoms with E-state index in [-0.39, 0.29) is 5.56 Å². The SMILES string of the molecule is CCCCS(=O)c1c(OC)cc2c3c(cccc13)C(=O)OC2=O. The highest BCUT2D eigenvalue weighted by molar-refractivity contribution is 7.85. The predicted molar refractivity (Wildman–Crippen MR) is 86.4 cm³/mol. The van der Waals surface area contributed by atoms with Crippen LogP contribution in [-0.4, -0.2) is 29.0 Å². The van der Waals surface area contributed by atoms with Crippen LogP contribution in [0, 0.1) is 0 Å². The average molecular weight is 332 g/mol. The second-order valence-corrected chi connectivity index (χ2v) is 6.77. The third-order valence-corrected chi connectivity index (χ3v) is 5.37. The van der Waals surface area contributed by atoms with E-state index in [4.69, 9.17) is 9.47 Å². The molecule has 0 fully saturated rings. The van der Waals surface area contributed by atoms with Crippen LogP contribution >= 0.6 is 0 Å². The fourth-order valence-electron chi connectivity index (χ4n) is 2.72. The minimum absolute atomic E-state index is 0.267. The lowest BCUT2D eigenvalue weighted by Crippen LogP contribution is -2.20. The van der Waals surface area contributed by atoms with Gasteiger partial charge in [-0.05, 0) is 18.6 Å². The standard InChI is InChI=1S/C17H16O5S/c1-3-4-8-23(20)15-10-6-5-7-11-14(10)12(9-13(15)21-2)17(19)22-16(11)18/h5-7,9H,3-4,8H2,1-2H3. The third-order valence-electron chi connectivity index (χ3n) is 3.83. The van der Waals surface area contributed by atoms with Gasteiger partial charge in [0.05, 0.1) is 33.9 Å². The summed E-state index contributed by atoms with van der Waals surface area (Å²) >= 11 is 0. The molecule has 0 saturated carbocycles. The molecule has 120 valence electrons. The lowest BCUT2D eigenvalue weighted by atomic mass is 9.97. The van der Waals surface area contributed by atoms with Crippen molar-refractivity contribution in [1.29, 1.82) is 0 Å². The smallest absolute Gasteiger partial charge is 0.346 e. The van der Waals surface area contributed by atoms with Crippen LogP contribution in [0.1, 0.15) is 40.5 Å². The van der Waals surface area contributed by atoms with Crippen molar-refractivity contribution in [2.45, 2.75) is 24.7 Å². The predicted octanol–water partition coefficient (Wildman–Crippen LogP) is 3.07. The van der Waals surface area contributed by atoms with Gasteiger partial charge in [-0.15, -0.1) is 0 Å². The minimum atomic E-state index is -1.27. The van der Waals surface area contributed by atoms with Gasteiger partial charge in [-0.25, -0.2) is 9.59 Å². The number of hydrogen-bond acceptors (Lipinski definition) is 5. The van der Waals surface area contributed by atoms with E-state index in [1.807, 2.05) is 6.92 Å². The van der Waals surface area contributed by atoms with E-state index in [1.54, 1.807) is 18.2 Å². The van der Waals surface area contributed by atoms with Crippen molar-refractivity contribution in [3.63, 3.8) is 0 Å². The van der Waals surface area contributed by atoms with E-state index >= 15 is 0 Å². The summed E-state index contributed by atoms with van der Waals surface area (Å²) in [6.07, 6.45) is 1.75. The number of esters is 2. The van der Waals surface area contributed by atoms with Crippen LogP contribution in [0.15, 0.2) is 29.2 Å². The number of benzene rings is 2. The molecule has 0 bridgehead atoms. The van der Waals surface area contributed by atoms with Gasteiger partial charge in [-0.1, -0.05) is 25.5 Å². The number of methoxy groups -OCH3 is 1. The quantitative estimate of drug-likeness (QED) is 0.622. The van der Waals surface area contributed by atoms with Gasteiger partial charge in [-0.3, -0.25) is 4.21 Å². The second-order valence-electron chi connectivity index (χ2n) is 5.26. The molecule has 5 nitrogen and oxygen atoms in total. The van der Waals surface area contributed by atoms with Crippen molar-refractivity contribution in [2.24, 2.45) is 0 Å². The second kappa shape index (κ2) is 6.12. The maximum atomic E-state index is 12.7. The van der Waals surface area contributed by atoms with E-state index < -0.39 is 22.7 Å². The van der Waals surface area contributed by atoms with Gasteiger partial charge in [-0.2, -0.15) is 0 Å². The maximum absolute atomic E-state index is 12.7. The highest BCUT2D eigenvalue weighted by Crippen LogP contribution is 2.38. The lowest BCUT2D eigenvalue weighted by Gasteiger charge is -2.19. The summed E-state index contributed by atoms with van der Waals surface area (Å²) in [6, 6.07) is 6.57. The zero-order valence-corrected chi connectivity index (χ0v) is 13.7. The van der Waals surface area contributed by atoms with Crippen molar-refractivity contribution in [2.75, 3.05) is 12.9 Å². The molecule has 1 atom stereocenters. The Morgan fingerprint density at radius 3 is 2.61 bits per heavy atom. The maximum Gasteiger partial charge on any atom is 0.346 e. The molecule has 2 aromatic rings. The van der Waals surface area contributed by atoms with E-state index in [1.165, 1.54) is 13.2 Å². The van der Waals surface area contributed by atoms with Crippen LogP contribution in [0.5, 0.6) is 5.75 Å². The molecular formula is C17H16O5S. The summed E-state index contributed by atoms with van der Waals surface area (Å²) in [7, 11) is 0.195. The molecular weight excluding hydrogens is 316 g/mol. The first-order valence-electron chi connectivity index (χ1n) is 7.37. The number of ether oxygens (including phenoxy) is 2. The monoisotopic (exact) mass is 332 g/mol. The molecule has 0 saturated heterocycles. The van der Waals surface area contributed by atoms with Crippen LogP contribution < -0.4 is 4.74 Å². The van der Waals surface area contributed by atoms with Crippen molar-refractivity contribution < 1.29 is 23.3 Å². The molecule has 0 aromatic heterocycles. The number of carbonyl (C=O) groups is 2. The summed E-state index contributed by atoms with van der Waals surface area (Å²) in [6.45, 7) is 2.03. The molecule has 23 heavy (non-hydrogen) atoms. The molecule has 0 radical (unpaired) electrons. The third kappa shape index (κ3) is 2.53. The fraction of sp³-hybridized carbons (Fsp3) is 0.294. The van der Waals surface area contributed by atoms with Crippen LogP contribution in [0.25, 0.3) is 10.8 Å². The molecule has 1 aliphatic rings. The first-order chi connectivity index (χ1) is 11.1. The minimum Gasteiger partial charge on any atom is -0.495 e. The zero-order valence-electron chi connectivity index (χ0n) is 12.9. The molecule has 0 amide bonds. The number of hydrogen-bond donors (Lipinski definition) is 0. The molecule has 2 aromatic carbocycles. The van der Waals surface area contributed by atoms with E-state index in [0.717, 1.165) is 12.8 Å². The van der Waals surface area contributed by atoms with Crippen molar-refractivity contribution in [3.05, 3.63) is 35.4 Å². The first kappa shape index (κ1) is 15.7. The van der Waals surface area contributed by atoms with Crippen LogP contribution in [0.2, 0.25) is 0 Å². The largest absolute Gasteiger partial charge is 0.495 e. The van der Waals surface area contributed by atoms with Crippen LogP contribution in [0.3, 0.4) is 0 Å². The van der Waals surface area contributed by atoms with Gasteiger partial charge in [0, 0.05) is 16.5 Å². The highest BCUT2D eigenvalue weighted by Gasteiger charge is 2.30. The molecule has 6 heteroatoms. The Morgan fingerprint density at radius 1 is 1.17 bits per heavy atom. The summed E-state index contributed by atoms with van der Waals surface area (Å²) in [5.74, 6) is -0.499. The number of carbonyl (C=O) groups excluding carboxylic acids is 2. The van der Waals surface area contributed by atoms with E-state index in [2.05, 4.69) is 0 Å². The number of unbranched alkanes of at least 4 members (excludes halogenated alkanes) is 1. The summed E-state index contributed by atoms with van der Waals surface area (Å²) in [4.78, 5) is 24.5. The molecule has 0 aliphatic carbocycles. The lowest BCUT2D eigenvalue weighted by molar-refractivity contribution is 0.0391. The highest BCUT2D eigenvalue weighted by atomic mass is 32.2. The van der Waals surface area contributed by atoms with Crippen molar-refractivity contribution in [3.8, 4) is 5.75 Å². The Hall–Kier alpha value is -2.21. The van der Waals surface area contributed by atoms with Crippen LogP contribution in [-0.2, 0) is 15.5 Å². The van der Waals surface area contributed by atoms with E-state index in [9.17, 15) is 13.8 Å². The van der Waals surface area contributed by atoms with E-state index in [0.29, 0.717) is 32.7 Å². The van der Waals surface area contributed by atoms with Gasteiger partial charge in [0.1, 0.15) is 5.75 Å². The Bertz CT molecular complexity index is 840. The Morgan fingerprint density at radius 2 is 1.91 bits per heavy atom. The molecule has 3 rings (SSSR count). The first-order valence-corrected chi connectivity index (χ1v) is 8.69. The van der Waals surface area contributed by atoms with Gasteiger partial charge in [0.2, 0.25) is 0 Å². The summed E-state index contributed by atoms with van der Waals surface area (Å²) in [5, 5.41) is 1.10. The summed E-state index contributed by atoms with van der Waals surface area (Å²) < 4.78 is 22.8. The number of cyclic esters (lactones) is 2. The fourth-order valence-corrected chi connectivity index (χ4v) is 4.26. The van der Waals surface area contributed by atoms with Gasteiger partial charge in [0.25, 0.3) is 0 Å². The Balaban J connectivity index is 2.33. The number of rotatable bonds is 5. The van der Waals surface area contributed by atoms with Gasteiger partial charge >= 0.3 is 11.9 Å². The van der Waals surface area contributed by atoms with Gasteiger partial charge < -0.3 is 9.47 Å². The molecule has 1 unspecified atom stereocenters. The topological polar surface area (TPSA) is 69.7 Å². The molecule has 1 heterocycles. The van der Waals surface area contributed by atoms with Crippen molar-refractivity contribution in [1.82, 2.24) is 0 Å².